The Morgan fingerprint density at radius 1 is 1.69 bits per heavy atom. The van der Waals surface area contributed by atoms with Crippen LogP contribution in [0, 0.1) is 5.92 Å². The second-order valence-electron chi connectivity index (χ2n) is 4.10. The maximum atomic E-state index is 6.02. The second kappa shape index (κ2) is 4.89. The molecular weight excluding hydrogens is 226 g/mol. The smallest absolute Gasteiger partial charge is 0.144 e. The highest BCUT2D eigenvalue weighted by atomic mass is 35.5. The third kappa shape index (κ3) is 2.57. The Morgan fingerprint density at radius 3 is 3.12 bits per heavy atom. The summed E-state index contributed by atoms with van der Waals surface area (Å²) in [5.41, 5.74) is 6.15. The van der Waals surface area contributed by atoms with E-state index in [1.54, 1.807) is 12.3 Å². The number of halogens is 1. The van der Waals surface area contributed by atoms with E-state index in [0.29, 0.717) is 28.5 Å². The van der Waals surface area contributed by atoms with Crippen LogP contribution in [0.1, 0.15) is 13.3 Å². The Morgan fingerprint density at radius 2 is 2.50 bits per heavy atom. The van der Waals surface area contributed by atoms with Gasteiger partial charge in [-0.15, -0.1) is 0 Å². The number of nitrogens with zero attached hydrogens (tertiary/aromatic N) is 1. The molecule has 2 unspecified atom stereocenters. The zero-order chi connectivity index (χ0) is 11.5. The summed E-state index contributed by atoms with van der Waals surface area (Å²) in [5.74, 6) is 1.21. The SMILES string of the molecule is CC1OCCC1CNc1ncc(N)cc1Cl. The molecule has 1 aliphatic rings. The van der Waals surface area contributed by atoms with E-state index >= 15 is 0 Å². The van der Waals surface area contributed by atoms with Crippen molar-refractivity contribution in [3.63, 3.8) is 0 Å². The standard InChI is InChI=1S/C11H16ClN3O/c1-7-8(2-3-16-7)5-14-11-10(12)4-9(13)6-15-11/h4,6-8H,2-3,5,13H2,1H3,(H,14,15). The van der Waals surface area contributed by atoms with Gasteiger partial charge in [-0.25, -0.2) is 4.98 Å². The molecule has 3 N–H and O–H groups in total. The van der Waals surface area contributed by atoms with E-state index in [0.717, 1.165) is 19.6 Å². The predicted octanol–water partition coefficient (Wildman–Crippen LogP) is 2.15. The Hall–Kier alpha value is -1.00. The average Bonchev–Trinajstić information content (AvgIpc) is 2.63. The number of anilines is 2. The number of hydrogen-bond donors (Lipinski definition) is 2. The van der Waals surface area contributed by atoms with Crippen LogP contribution in [0.5, 0.6) is 0 Å². The summed E-state index contributed by atoms with van der Waals surface area (Å²) in [5, 5.41) is 3.80. The molecule has 1 fully saturated rings. The van der Waals surface area contributed by atoms with E-state index in [1.807, 2.05) is 0 Å². The lowest BCUT2D eigenvalue weighted by atomic mass is 10.0. The van der Waals surface area contributed by atoms with Gasteiger partial charge in [-0.2, -0.15) is 0 Å². The first-order valence-corrected chi connectivity index (χ1v) is 5.81. The number of aromatic nitrogens is 1. The largest absolute Gasteiger partial charge is 0.397 e. The summed E-state index contributed by atoms with van der Waals surface area (Å²) in [4.78, 5) is 4.15. The molecule has 0 amide bonds. The molecule has 0 saturated carbocycles. The monoisotopic (exact) mass is 241 g/mol. The van der Waals surface area contributed by atoms with Crippen LogP contribution in [0.15, 0.2) is 12.3 Å². The molecule has 0 aromatic carbocycles. The molecule has 0 radical (unpaired) electrons. The molecule has 16 heavy (non-hydrogen) atoms. The molecule has 0 spiro atoms. The summed E-state index contributed by atoms with van der Waals surface area (Å²) in [6.07, 6.45) is 2.99. The van der Waals surface area contributed by atoms with Gasteiger partial charge >= 0.3 is 0 Å². The summed E-state index contributed by atoms with van der Waals surface area (Å²) < 4.78 is 5.49. The van der Waals surface area contributed by atoms with Gasteiger partial charge in [-0.05, 0) is 19.4 Å². The lowest BCUT2D eigenvalue weighted by Crippen LogP contribution is -2.21. The minimum absolute atomic E-state index is 0.306. The Bertz CT molecular complexity index is 372. The zero-order valence-corrected chi connectivity index (χ0v) is 10.00. The van der Waals surface area contributed by atoms with Crippen LogP contribution in [0.4, 0.5) is 11.5 Å². The van der Waals surface area contributed by atoms with Gasteiger partial charge < -0.3 is 15.8 Å². The maximum Gasteiger partial charge on any atom is 0.144 e. The fourth-order valence-electron chi connectivity index (χ4n) is 1.85. The van der Waals surface area contributed by atoms with Crippen molar-refractivity contribution in [3.8, 4) is 0 Å². The first-order chi connectivity index (χ1) is 7.66. The number of nitrogen functional groups attached to an aromatic ring is 1. The zero-order valence-electron chi connectivity index (χ0n) is 9.24. The van der Waals surface area contributed by atoms with Crippen LogP contribution in [0.3, 0.4) is 0 Å². The van der Waals surface area contributed by atoms with Gasteiger partial charge in [0.25, 0.3) is 0 Å². The van der Waals surface area contributed by atoms with E-state index in [-0.39, 0.29) is 0 Å². The summed E-state index contributed by atoms with van der Waals surface area (Å²) >= 11 is 6.02. The molecule has 2 atom stereocenters. The first kappa shape index (κ1) is 11.5. The van der Waals surface area contributed by atoms with Crippen LogP contribution in [-0.2, 0) is 4.74 Å². The second-order valence-corrected chi connectivity index (χ2v) is 4.51. The highest BCUT2D eigenvalue weighted by Crippen LogP contribution is 2.24. The summed E-state index contributed by atoms with van der Waals surface area (Å²) in [7, 11) is 0. The topological polar surface area (TPSA) is 60.2 Å². The van der Waals surface area contributed by atoms with Crippen molar-refractivity contribution in [3.05, 3.63) is 17.3 Å². The highest BCUT2D eigenvalue weighted by molar-refractivity contribution is 6.33. The first-order valence-electron chi connectivity index (χ1n) is 5.43. The van der Waals surface area contributed by atoms with Crippen molar-refractivity contribution in [2.24, 2.45) is 5.92 Å². The van der Waals surface area contributed by atoms with E-state index in [9.17, 15) is 0 Å². The molecule has 1 saturated heterocycles. The molecule has 1 aromatic rings. The molecule has 4 nitrogen and oxygen atoms in total. The molecule has 1 aliphatic heterocycles. The van der Waals surface area contributed by atoms with Gasteiger partial charge in [0.15, 0.2) is 0 Å². The fourth-order valence-corrected chi connectivity index (χ4v) is 2.10. The number of pyridine rings is 1. The van der Waals surface area contributed by atoms with Crippen LogP contribution in [0.25, 0.3) is 0 Å². The van der Waals surface area contributed by atoms with Crippen LogP contribution < -0.4 is 11.1 Å². The molecule has 1 aromatic heterocycles. The molecule has 0 bridgehead atoms. The van der Waals surface area contributed by atoms with Crippen molar-refractivity contribution in [2.45, 2.75) is 19.4 Å². The van der Waals surface area contributed by atoms with Crippen molar-refractivity contribution >= 4 is 23.1 Å². The maximum absolute atomic E-state index is 6.02. The average molecular weight is 242 g/mol. The van der Waals surface area contributed by atoms with Crippen LogP contribution in [0.2, 0.25) is 5.02 Å². The number of nitrogens with two attached hydrogens (primary N) is 1. The van der Waals surface area contributed by atoms with Gasteiger partial charge in [0.2, 0.25) is 0 Å². The van der Waals surface area contributed by atoms with Crippen molar-refractivity contribution < 1.29 is 4.74 Å². The van der Waals surface area contributed by atoms with Crippen molar-refractivity contribution in [1.29, 1.82) is 0 Å². The molecule has 2 rings (SSSR count). The van der Waals surface area contributed by atoms with Crippen molar-refractivity contribution in [2.75, 3.05) is 24.2 Å². The lowest BCUT2D eigenvalue weighted by molar-refractivity contribution is 0.108. The summed E-state index contributed by atoms with van der Waals surface area (Å²) in [6.45, 7) is 3.77. The Balaban J connectivity index is 1.94. The number of nitrogens with one attached hydrogen (secondary N) is 1. The van der Waals surface area contributed by atoms with Gasteiger partial charge in [0.05, 0.1) is 23.0 Å². The number of rotatable bonds is 3. The normalized spacial score (nSPS) is 24.6. The third-order valence-electron chi connectivity index (χ3n) is 2.93. The molecule has 5 heteroatoms. The molecule has 88 valence electrons. The number of ether oxygens (including phenoxy) is 1. The number of hydrogen-bond acceptors (Lipinski definition) is 4. The van der Waals surface area contributed by atoms with E-state index in [4.69, 9.17) is 22.1 Å². The molecule has 0 aliphatic carbocycles. The highest BCUT2D eigenvalue weighted by Gasteiger charge is 2.23. The fraction of sp³-hybridized carbons (Fsp3) is 0.545. The van der Waals surface area contributed by atoms with Gasteiger partial charge in [0, 0.05) is 19.1 Å². The van der Waals surface area contributed by atoms with Crippen LogP contribution >= 0.6 is 11.6 Å². The lowest BCUT2D eigenvalue weighted by Gasteiger charge is -2.15. The molecule has 2 heterocycles. The predicted molar refractivity (Wildman–Crippen MR) is 65.7 cm³/mol. The minimum atomic E-state index is 0.306. The Kier molecular flexibility index (Phi) is 3.51. The van der Waals surface area contributed by atoms with Crippen molar-refractivity contribution in [1.82, 2.24) is 4.98 Å². The van der Waals surface area contributed by atoms with E-state index < -0.39 is 0 Å². The summed E-state index contributed by atoms with van der Waals surface area (Å²) in [6, 6.07) is 1.70. The van der Waals surface area contributed by atoms with E-state index in [2.05, 4.69) is 17.2 Å². The van der Waals surface area contributed by atoms with Gasteiger partial charge in [0.1, 0.15) is 5.82 Å². The molecular formula is C11H16ClN3O. The van der Waals surface area contributed by atoms with Gasteiger partial charge in [-0.1, -0.05) is 11.6 Å². The van der Waals surface area contributed by atoms with Gasteiger partial charge in [-0.3, -0.25) is 0 Å². The minimum Gasteiger partial charge on any atom is -0.397 e. The Labute approximate surface area is 100 Å². The van der Waals surface area contributed by atoms with E-state index in [1.165, 1.54) is 0 Å². The third-order valence-corrected chi connectivity index (χ3v) is 3.22. The quantitative estimate of drug-likeness (QED) is 0.852. The van der Waals surface area contributed by atoms with Crippen LogP contribution in [-0.4, -0.2) is 24.2 Å².